The largest absolute Gasteiger partial charge is 0.465 e. The summed E-state index contributed by atoms with van der Waals surface area (Å²) in [5.41, 5.74) is -0.391. The first kappa shape index (κ1) is 23.0. The molecule has 1 N–H and O–H groups in total. The highest BCUT2D eigenvalue weighted by Crippen LogP contribution is 2.35. The van der Waals surface area contributed by atoms with Crippen LogP contribution in [0.25, 0.3) is 0 Å². The third kappa shape index (κ3) is 7.31. The highest BCUT2D eigenvalue weighted by Gasteiger charge is 2.38. The van der Waals surface area contributed by atoms with Crippen LogP contribution in [0.1, 0.15) is 66.7 Å². The summed E-state index contributed by atoms with van der Waals surface area (Å²) in [4.78, 5) is 15.5. The number of aromatic nitrogens is 2. The molecule has 0 spiro atoms. The van der Waals surface area contributed by atoms with Crippen LogP contribution in [0.3, 0.4) is 0 Å². The number of rotatable bonds is 11. The minimum absolute atomic E-state index is 0.0490. The second-order valence-electron chi connectivity index (χ2n) is 8.02. The normalized spacial score (nSPS) is 13.8. The van der Waals surface area contributed by atoms with Crippen molar-refractivity contribution in [3.63, 3.8) is 0 Å². The molecule has 0 aliphatic rings. The van der Waals surface area contributed by atoms with Gasteiger partial charge in [-0.25, -0.2) is 0 Å². The van der Waals surface area contributed by atoms with Gasteiger partial charge in [0, 0.05) is 12.7 Å². The zero-order valence-corrected chi connectivity index (χ0v) is 18.5. The number of esters is 1. The summed E-state index contributed by atoms with van der Waals surface area (Å²) in [6, 6.07) is 1.85. The number of unbranched alkanes of at least 4 members (excludes halogenated alkanes) is 3. The maximum Gasteiger partial charge on any atom is 0.312 e. The minimum Gasteiger partial charge on any atom is -0.465 e. The van der Waals surface area contributed by atoms with Gasteiger partial charge in [0.25, 0.3) is 0 Å². The van der Waals surface area contributed by atoms with E-state index in [0.717, 1.165) is 38.6 Å². The lowest BCUT2D eigenvalue weighted by atomic mass is 9.73. The van der Waals surface area contributed by atoms with Crippen molar-refractivity contribution in [2.45, 2.75) is 73.3 Å². The molecule has 0 aliphatic heterocycles. The van der Waals surface area contributed by atoms with Crippen molar-refractivity contribution < 1.29 is 9.53 Å². The van der Waals surface area contributed by atoms with Gasteiger partial charge in [0.15, 0.2) is 4.77 Å². The molecular weight excluding hydrogens is 364 g/mol. The third-order valence-electron chi connectivity index (χ3n) is 5.00. The summed E-state index contributed by atoms with van der Waals surface area (Å²) in [5, 5.41) is 0. The second-order valence-corrected chi connectivity index (χ2v) is 8.85. The molecule has 0 saturated carbocycles. The molecule has 0 saturated heterocycles. The van der Waals surface area contributed by atoms with E-state index in [1.54, 1.807) is 0 Å². The first-order chi connectivity index (χ1) is 12.2. The fourth-order valence-corrected chi connectivity index (χ4v) is 3.57. The molecular formula is C20H34N2O2S2. The van der Waals surface area contributed by atoms with E-state index in [-0.39, 0.29) is 11.9 Å². The Bertz CT molecular complexity index is 679. The number of ether oxygens (including phenoxy) is 1. The Morgan fingerprint density at radius 2 is 1.85 bits per heavy atom. The standard InChI is InChI=1S/C20H34N2O2S2/c1-15(2)14-20(5,16(3)4)18(23)24-13-9-7-6-8-11-22-12-10-17(25)21-19(22)26/h10,12,15-16H,6-9,11,13-14H2,1-5H3,(H,21,25,26). The molecule has 1 rings (SSSR count). The summed E-state index contributed by atoms with van der Waals surface area (Å²) < 4.78 is 8.93. The Hall–Kier alpha value is -1.01. The van der Waals surface area contributed by atoms with Gasteiger partial charge in [-0.15, -0.1) is 0 Å². The van der Waals surface area contributed by atoms with Gasteiger partial charge in [-0.1, -0.05) is 46.3 Å². The fourth-order valence-electron chi connectivity index (χ4n) is 3.09. The molecule has 26 heavy (non-hydrogen) atoms. The quantitative estimate of drug-likeness (QED) is 0.278. The predicted molar refractivity (Wildman–Crippen MR) is 112 cm³/mol. The van der Waals surface area contributed by atoms with Crippen LogP contribution in [0.5, 0.6) is 0 Å². The molecule has 0 radical (unpaired) electrons. The lowest BCUT2D eigenvalue weighted by molar-refractivity contribution is -0.159. The summed E-state index contributed by atoms with van der Waals surface area (Å²) in [7, 11) is 0. The van der Waals surface area contributed by atoms with Gasteiger partial charge in [0.2, 0.25) is 0 Å². The van der Waals surface area contributed by atoms with Crippen molar-refractivity contribution in [1.29, 1.82) is 0 Å². The third-order valence-corrected chi connectivity index (χ3v) is 5.57. The maximum absolute atomic E-state index is 12.5. The first-order valence-corrected chi connectivity index (χ1v) is 10.5. The van der Waals surface area contributed by atoms with E-state index in [1.807, 2.05) is 23.8 Å². The number of carbonyl (C=O) groups excluding carboxylic acids is 1. The molecule has 6 heteroatoms. The van der Waals surface area contributed by atoms with E-state index in [9.17, 15) is 4.79 Å². The molecule has 1 aromatic heterocycles. The Labute approximate surface area is 168 Å². The number of nitrogens with zero attached hydrogens (tertiary/aromatic N) is 1. The van der Waals surface area contributed by atoms with Crippen LogP contribution < -0.4 is 0 Å². The molecule has 0 aliphatic carbocycles. The van der Waals surface area contributed by atoms with Gasteiger partial charge in [-0.2, -0.15) is 0 Å². The Morgan fingerprint density at radius 1 is 1.19 bits per heavy atom. The summed E-state index contributed by atoms with van der Waals surface area (Å²) in [6.07, 6.45) is 6.89. The first-order valence-electron chi connectivity index (χ1n) is 9.64. The summed E-state index contributed by atoms with van der Waals surface area (Å²) in [6.45, 7) is 11.9. The maximum atomic E-state index is 12.5. The van der Waals surface area contributed by atoms with Crippen LogP contribution >= 0.6 is 24.4 Å². The van der Waals surface area contributed by atoms with Crippen molar-refractivity contribution in [1.82, 2.24) is 9.55 Å². The van der Waals surface area contributed by atoms with Crippen molar-refractivity contribution in [2.24, 2.45) is 17.3 Å². The molecule has 1 heterocycles. The smallest absolute Gasteiger partial charge is 0.312 e. The van der Waals surface area contributed by atoms with E-state index in [4.69, 9.17) is 29.2 Å². The number of nitrogens with one attached hydrogen (secondary N) is 1. The molecule has 1 atom stereocenters. The Kier molecular flexibility index (Phi) is 9.72. The SMILES string of the molecule is CC(C)CC(C)(C(=O)OCCCCCCn1ccc(=S)[nH]c1=S)C(C)C. The highest BCUT2D eigenvalue weighted by atomic mass is 32.1. The Morgan fingerprint density at radius 3 is 2.42 bits per heavy atom. The van der Waals surface area contributed by atoms with Crippen molar-refractivity contribution in [3.05, 3.63) is 21.7 Å². The van der Waals surface area contributed by atoms with Crippen molar-refractivity contribution in [3.8, 4) is 0 Å². The van der Waals surface area contributed by atoms with Gasteiger partial charge in [-0.05, 0) is 62.7 Å². The molecule has 0 bridgehead atoms. The van der Waals surface area contributed by atoms with Crippen LogP contribution in [0.15, 0.2) is 12.3 Å². The van der Waals surface area contributed by atoms with E-state index < -0.39 is 5.41 Å². The van der Waals surface area contributed by atoms with Gasteiger partial charge in [0.05, 0.1) is 12.0 Å². The minimum atomic E-state index is -0.391. The molecule has 0 fully saturated rings. The fraction of sp³-hybridized carbons (Fsp3) is 0.750. The second kappa shape index (κ2) is 11.0. The monoisotopic (exact) mass is 398 g/mol. The van der Waals surface area contributed by atoms with Gasteiger partial charge >= 0.3 is 5.97 Å². The van der Waals surface area contributed by atoms with Crippen molar-refractivity contribution >= 4 is 30.4 Å². The molecule has 4 nitrogen and oxygen atoms in total. The zero-order chi connectivity index (χ0) is 19.7. The number of aryl methyl sites for hydroxylation is 1. The number of carbonyl (C=O) groups is 1. The zero-order valence-electron chi connectivity index (χ0n) is 16.8. The van der Waals surface area contributed by atoms with Gasteiger partial charge < -0.3 is 14.3 Å². The summed E-state index contributed by atoms with van der Waals surface area (Å²) >= 11 is 10.3. The van der Waals surface area contributed by atoms with Crippen LogP contribution in [0.4, 0.5) is 0 Å². The average Bonchev–Trinajstić information content (AvgIpc) is 2.54. The molecule has 0 amide bonds. The van der Waals surface area contributed by atoms with Crippen LogP contribution in [-0.2, 0) is 16.1 Å². The van der Waals surface area contributed by atoms with Gasteiger partial charge in [0.1, 0.15) is 4.64 Å². The lowest BCUT2D eigenvalue weighted by Gasteiger charge is -2.32. The predicted octanol–water partition coefficient (Wildman–Crippen LogP) is 6.09. The average molecular weight is 399 g/mol. The highest BCUT2D eigenvalue weighted by molar-refractivity contribution is 7.72. The topological polar surface area (TPSA) is 47.0 Å². The Balaban J connectivity index is 2.28. The van der Waals surface area contributed by atoms with E-state index in [0.29, 0.717) is 21.9 Å². The number of hydrogen-bond acceptors (Lipinski definition) is 4. The van der Waals surface area contributed by atoms with E-state index >= 15 is 0 Å². The molecule has 1 unspecified atom stereocenters. The van der Waals surface area contributed by atoms with E-state index in [2.05, 4.69) is 32.7 Å². The molecule has 1 aromatic rings. The van der Waals surface area contributed by atoms with E-state index in [1.165, 1.54) is 0 Å². The van der Waals surface area contributed by atoms with Crippen LogP contribution in [0.2, 0.25) is 0 Å². The number of hydrogen-bond donors (Lipinski definition) is 1. The molecule has 148 valence electrons. The van der Waals surface area contributed by atoms with Gasteiger partial charge in [-0.3, -0.25) is 4.79 Å². The molecule has 0 aromatic carbocycles. The number of aromatic amines is 1. The lowest BCUT2D eigenvalue weighted by Crippen LogP contribution is -2.36. The van der Waals surface area contributed by atoms with Crippen molar-refractivity contribution in [2.75, 3.05) is 6.61 Å². The summed E-state index contributed by atoms with van der Waals surface area (Å²) in [5.74, 6) is 0.709. The van der Waals surface area contributed by atoms with Crippen LogP contribution in [0, 0.1) is 26.7 Å². The number of H-pyrrole nitrogens is 1. The van der Waals surface area contributed by atoms with Crippen LogP contribution in [-0.4, -0.2) is 22.1 Å².